The molecule has 0 fully saturated rings. The predicted molar refractivity (Wildman–Crippen MR) is 186 cm³/mol. The summed E-state index contributed by atoms with van der Waals surface area (Å²) in [5.74, 6) is 2.32. The quantitative estimate of drug-likeness (QED) is 0.0872. The van der Waals surface area contributed by atoms with Gasteiger partial charge in [0.25, 0.3) is 0 Å². The van der Waals surface area contributed by atoms with E-state index in [4.69, 9.17) is 0 Å². The van der Waals surface area contributed by atoms with Gasteiger partial charge in [0.2, 0.25) is 0 Å². The zero-order chi connectivity index (χ0) is 32.9. The standard InChI is InChI=1S/3C11H22O2S.Bi/c3*1-9(2)7-5-4-6-8-14-10(3)11(12)13;/h3*9-10H,4-8H2,1-3H3,(H,12,13);/q;;;+3/p-3. The van der Waals surface area contributed by atoms with Crippen molar-refractivity contribution in [1.82, 2.24) is 0 Å². The Bertz CT molecular complexity index is 565. The first-order valence-corrected chi connectivity index (χ1v) is 19.2. The number of hydrogen-bond acceptors (Lipinski definition) is 9. The van der Waals surface area contributed by atoms with Crippen LogP contribution in [0.2, 0.25) is 0 Å². The number of carboxylic acid groups (broad SMARTS) is 3. The van der Waals surface area contributed by atoms with Crippen LogP contribution in [0.25, 0.3) is 0 Å². The van der Waals surface area contributed by atoms with Crippen molar-refractivity contribution in [1.29, 1.82) is 0 Å². The van der Waals surface area contributed by atoms with E-state index in [9.17, 15) is 29.7 Å². The summed E-state index contributed by atoms with van der Waals surface area (Å²) in [6.45, 7) is 18.4. The monoisotopic (exact) mass is 860 g/mol. The molecule has 0 spiro atoms. The zero-order valence-electron chi connectivity index (χ0n) is 28.7. The first kappa shape index (κ1) is 50.2. The van der Waals surface area contributed by atoms with Crippen LogP contribution in [-0.2, 0) is 14.4 Å². The van der Waals surface area contributed by atoms with Crippen LogP contribution in [0.3, 0.4) is 0 Å². The zero-order valence-corrected chi connectivity index (χ0v) is 34.6. The molecule has 6 nitrogen and oxygen atoms in total. The van der Waals surface area contributed by atoms with Crippen molar-refractivity contribution in [2.45, 2.75) is 155 Å². The summed E-state index contributed by atoms with van der Waals surface area (Å²) < 4.78 is 0. The normalized spacial score (nSPS) is 12.8. The van der Waals surface area contributed by atoms with Crippen molar-refractivity contribution in [2.75, 3.05) is 17.3 Å². The van der Waals surface area contributed by atoms with Gasteiger partial charge in [-0.3, -0.25) is 0 Å². The van der Waals surface area contributed by atoms with Gasteiger partial charge in [-0.1, -0.05) is 99.3 Å². The summed E-state index contributed by atoms with van der Waals surface area (Å²) in [6.07, 6.45) is 14.6. The van der Waals surface area contributed by atoms with Gasteiger partial charge in [0.05, 0.1) is 17.9 Å². The van der Waals surface area contributed by atoms with Gasteiger partial charge < -0.3 is 29.7 Å². The first-order chi connectivity index (χ1) is 19.6. The summed E-state index contributed by atoms with van der Waals surface area (Å²) >= 11 is 4.44. The van der Waals surface area contributed by atoms with E-state index in [-0.39, 0.29) is 42.0 Å². The van der Waals surface area contributed by atoms with Crippen molar-refractivity contribution < 1.29 is 29.7 Å². The number of carbonyl (C=O) groups is 3. The van der Waals surface area contributed by atoms with E-state index in [0.29, 0.717) is 0 Å². The summed E-state index contributed by atoms with van der Waals surface area (Å²) in [7, 11) is 0. The van der Waals surface area contributed by atoms with Crippen molar-refractivity contribution in [3.05, 3.63) is 0 Å². The smallest absolute Gasteiger partial charge is 0.549 e. The van der Waals surface area contributed by atoms with Crippen molar-refractivity contribution in [3.63, 3.8) is 0 Å². The largest absolute Gasteiger partial charge is 3.00 e. The molecule has 43 heavy (non-hydrogen) atoms. The maximum absolute atomic E-state index is 10.4. The molecule has 0 heterocycles. The topological polar surface area (TPSA) is 120 Å². The molecule has 3 unspecified atom stereocenters. The Morgan fingerprint density at radius 2 is 0.628 bits per heavy atom. The van der Waals surface area contributed by atoms with Gasteiger partial charge in [-0.2, -0.15) is 35.3 Å². The van der Waals surface area contributed by atoms with Gasteiger partial charge in [-0.15, -0.1) is 0 Å². The van der Waals surface area contributed by atoms with Crippen LogP contribution < -0.4 is 15.3 Å². The van der Waals surface area contributed by atoms with Gasteiger partial charge in [0, 0.05) is 15.7 Å². The Morgan fingerprint density at radius 1 is 0.419 bits per heavy atom. The molecule has 0 bridgehead atoms. The number of carboxylic acids is 3. The molecule has 0 saturated heterocycles. The second-order valence-corrected chi connectivity index (χ2v) is 16.6. The third kappa shape index (κ3) is 44.5. The molecule has 0 aromatic rings. The van der Waals surface area contributed by atoms with E-state index in [1.165, 1.54) is 93.1 Å². The fourth-order valence-electron chi connectivity index (χ4n) is 3.48. The van der Waals surface area contributed by atoms with E-state index in [2.05, 4.69) is 41.5 Å². The van der Waals surface area contributed by atoms with Gasteiger partial charge >= 0.3 is 26.2 Å². The Labute approximate surface area is 297 Å². The van der Waals surface area contributed by atoms with E-state index in [0.717, 1.165) is 54.3 Å². The molecule has 0 rings (SSSR count). The Balaban J connectivity index is -0.000000262. The summed E-state index contributed by atoms with van der Waals surface area (Å²) in [5, 5.41) is 30.0. The van der Waals surface area contributed by atoms with Crippen LogP contribution in [0.15, 0.2) is 0 Å². The van der Waals surface area contributed by atoms with Crippen LogP contribution in [0.1, 0.15) is 139 Å². The molecule has 0 amide bonds. The number of rotatable bonds is 24. The van der Waals surface area contributed by atoms with E-state index < -0.39 is 17.9 Å². The number of unbranched alkanes of at least 4 members (excludes halogenated alkanes) is 6. The van der Waals surface area contributed by atoms with E-state index in [1.54, 1.807) is 20.8 Å². The summed E-state index contributed by atoms with van der Waals surface area (Å²) in [4.78, 5) is 31.1. The molecule has 0 aliphatic rings. The second kappa shape index (κ2) is 35.2. The molecule has 0 aromatic carbocycles. The molecule has 254 valence electrons. The fraction of sp³-hybridized carbons (Fsp3) is 0.909. The predicted octanol–water partition coefficient (Wildman–Crippen LogP) is 5.84. The van der Waals surface area contributed by atoms with Crippen molar-refractivity contribution >= 4 is 79.4 Å². The van der Waals surface area contributed by atoms with Gasteiger partial charge in [-0.05, 0) is 75.0 Å². The minimum Gasteiger partial charge on any atom is -0.549 e. The maximum atomic E-state index is 10.4. The van der Waals surface area contributed by atoms with Crippen LogP contribution in [0.5, 0.6) is 0 Å². The maximum Gasteiger partial charge on any atom is 3.00 e. The van der Waals surface area contributed by atoms with E-state index in [1.807, 2.05) is 0 Å². The number of thioether (sulfide) groups is 3. The molecule has 0 saturated carbocycles. The summed E-state index contributed by atoms with van der Waals surface area (Å²) in [5.41, 5.74) is 0. The molecule has 0 aliphatic heterocycles. The first-order valence-electron chi connectivity index (χ1n) is 16.1. The third-order valence-electron chi connectivity index (χ3n) is 6.38. The van der Waals surface area contributed by atoms with Gasteiger partial charge in [-0.25, -0.2) is 0 Å². The molecule has 10 heteroatoms. The Hall–Kier alpha value is 0.343. The molecule has 0 aromatic heterocycles. The molecule has 0 aliphatic carbocycles. The SMILES string of the molecule is CC(C)CCCCCSC(C)C(=O)[O-].CC(C)CCCCCSC(C)C(=O)[O-].CC(C)CCCCCSC(C)C(=O)[O-].[Bi+3]. The van der Waals surface area contributed by atoms with Gasteiger partial charge in [0.15, 0.2) is 0 Å². The van der Waals surface area contributed by atoms with Crippen LogP contribution >= 0.6 is 35.3 Å². The van der Waals surface area contributed by atoms with E-state index >= 15 is 0 Å². The molecular formula is C33H63BiO6S3. The number of carbonyl (C=O) groups excluding carboxylic acids is 3. The molecule has 3 atom stereocenters. The Morgan fingerprint density at radius 3 is 0.791 bits per heavy atom. The Kier molecular flexibility index (Phi) is 41.1. The van der Waals surface area contributed by atoms with Gasteiger partial charge in [0.1, 0.15) is 0 Å². The van der Waals surface area contributed by atoms with Crippen molar-refractivity contribution in [2.24, 2.45) is 17.8 Å². The second-order valence-electron chi connectivity index (χ2n) is 12.2. The van der Waals surface area contributed by atoms with Crippen molar-refractivity contribution in [3.8, 4) is 0 Å². The third-order valence-corrected chi connectivity index (χ3v) is 10.0. The molecular weight excluding hydrogens is 798 g/mol. The molecule has 0 N–H and O–H groups in total. The van der Waals surface area contributed by atoms with Crippen LogP contribution in [-0.4, -0.2) is 77.1 Å². The van der Waals surface area contributed by atoms with Crippen LogP contribution in [0.4, 0.5) is 0 Å². The number of aliphatic carboxylic acids is 3. The minimum atomic E-state index is -0.947. The summed E-state index contributed by atoms with van der Waals surface area (Å²) in [6, 6.07) is 0. The fourth-order valence-corrected chi connectivity index (χ4v) is 6.06. The number of hydrogen-bond donors (Lipinski definition) is 0. The molecule has 2 radical (unpaired) electrons. The average molecular weight is 861 g/mol. The van der Waals surface area contributed by atoms with Crippen LogP contribution in [0, 0.1) is 17.8 Å². The minimum absolute atomic E-state index is 0. The average Bonchev–Trinajstić information content (AvgIpc) is 2.89.